The lowest BCUT2D eigenvalue weighted by Gasteiger charge is -2.02. The quantitative estimate of drug-likeness (QED) is 0.448. The molecule has 0 radical (unpaired) electrons. The van der Waals surface area contributed by atoms with Gasteiger partial charge in [-0.2, -0.15) is 0 Å². The Balaban J connectivity index is 1.26. The molecule has 7 nitrogen and oxygen atoms in total. The molecule has 0 atom stereocenters. The van der Waals surface area contributed by atoms with Crippen LogP contribution in [0.4, 0.5) is 0 Å². The molecule has 0 aliphatic carbocycles. The van der Waals surface area contributed by atoms with E-state index in [1.807, 2.05) is 43.3 Å². The van der Waals surface area contributed by atoms with E-state index in [4.69, 9.17) is 4.52 Å². The Morgan fingerprint density at radius 3 is 2.55 bits per heavy atom. The predicted octanol–water partition coefficient (Wildman–Crippen LogP) is 4.34. The highest BCUT2D eigenvalue weighted by molar-refractivity contribution is 5.85. The van der Waals surface area contributed by atoms with Crippen molar-refractivity contribution >= 4 is 16.8 Å². The Kier molecular flexibility index (Phi) is 4.84. The fourth-order valence-corrected chi connectivity index (χ4v) is 3.56. The van der Waals surface area contributed by atoms with E-state index in [-0.39, 0.29) is 12.2 Å². The van der Waals surface area contributed by atoms with Crippen molar-refractivity contribution in [2.45, 2.75) is 19.8 Å². The number of benzene rings is 1. The number of carbonyl (C=O) groups excluding carboxylic acids is 1. The molecule has 0 fully saturated rings. The molecule has 152 valence electrons. The maximum absolute atomic E-state index is 12.5. The molecule has 31 heavy (non-hydrogen) atoms. The number of hydrogen-bond donors (Lipinski definition) is 1. The van der Waals surface area contributed by atoms with Crippen LogP contribution in [0.25, 0.3) is 33.5 Å². The number of aromatic amines is 1. The number of Topliss-reactive ketones (excluding diaryl/α,β-unsaturated/α-hetero) is 1. The number of ketones is 1. The van der Waals surface area contributed by atoms with Crippen molar-refractivity contribution in [3.8, 4) is 22.5 Å². The molecule has 4 aromatic heterocycles. The minimum atomic E-state index is 0.0710. The predicted molar refractivity (Wildman–Crippen MR) is 116 cm³/mol. The second-order valence-corrected chi connectivity index (χ2v) is 7.41. The highest BCUT2D eigenvalue weighted by Gasteiger charge is 2.12. The van der Waals surface area contributed by atoms with E-state index in [0.29, 0.717) is 17.9 Å². The van der Waals surface area contributed by atoms with E-state index in [1.165, 1.54) is 0 Å². The number of carbonyl (C=O) groups is 1. The average molecular weight is 409 g/mol. The number of nitrogens with one attached hydrogen (secondary N) is 1. The number of H-pyrrole nitrogens is 1. The van der Waals surface area contributed by atoms with Crippen LogP contribution in [0.15, 0.2) is 71.8 Å². The molecule has 5 rings (SSSR count). The third-order valence-corrected chi connectivity index (χ3v) is 5.20. The Hall–Kier alpha value is -4.13. The highest BCUT2D eigenvalue weighted by Crippen LogP contribution is 2.25. The van der Waals surface area contributed by atoms with Gasteiger partial charge < -0.3 is 9.51 Å². The van der Waals surface area contributed by atoms with E-state index in [2.05, 4.69) is 31.2 Å². The van der Waals surface area contributed by atoms with Crippen LogP contribution in [0.5, 0.6) is 0 Å². The third kappa shape index (κ3) is 3.98. The van der Waals surface area contributed by atoms with Gasteiger partial charge in [-0.15, -0.1) is 0 Å². The van der Waals surface area contributed by atoms with Crippen LogP contribution in [0.3, 0.4) is 0 Å². The summed E-state index contributed by atoms with van der Waals surface area (Å²) in [4.78, 5) is 28.3. The minimum absolute atomic E-state index is 0.0710. The Morgan fingerprint density at radius 2 is 1.77 bits per heavy atom. The standard InChI is InChI=1S/C24H19N5O2/c1-15-21-13-22(28-24(21)27-14-26-15)17-4-2-16(3-5-17)10-19(30)11-20-12-23(29-31-20)18-6-8-25-9-7-18/h2-9,12-14H,10-11H2,1H3,(H,26,27,28). The number of nitrogens with zero attached hydrogens (tertiary/aromatic N) is 4. The smallest absolute Gasteiger partial charge is 0.144 e. The summed E-state index contributed by atoms with van der Waals surface area (Å²) in [7, 11) is 0. The van der Waals surface area contributed by atoms with Crippen molar-refractivity contribution in [1.29, 1.82) is 0 Å². The molecule has 0 spiro atoms. The van der Waals surface area contributed by atoms with Gasteiger partial charge in [0.25, 0.3) is 0 Å². The molecular weight excluding hydrogens is 390 g/mol. The van der Waals surface area contributed by atoms with Crippen LogP contribution in [0.1, 0.15) is 17.0 Å². The van der Waals surface area contributed by atoms with E-state index in [9.17, 15) is 4.79 Å². The van der Waals surface area contributed by atoms with Crippen molar-refractivity contribution in [1.82, 2.24) is 25.1 Å². The number of hydrogen-bond acceptors (Lipinski definition) is 6. The minimum Gasteiger partial charge on any atom is -0.360 e. The zero-order valence-electron chi connectivity index (χ0n) is 16.9. The molecule has 1 aromatic carbocycles. The van der Waals surface area contributed by atoms with Crippen LogP contribution >= 0.6 is 0 Å². The summed E-state index contributed by atoms with van der Waals surface area (Å²) in [5.41, 5.74) is 6.33. The monoisotopic (exact) mass is 409 g/mol. The number of aryl methyl sites for hydroxylation is 1. The van der Waals surface area contributed by atoms with Crippen molar-refractivity contribution < 1.29 is 9.32 Å². The van der Waals surface area contributed by atoms with Gasteiger partial charge in [-0.05, 0) is 36.2 Å². The molecule has 1 N–H and O–H groups in total. The van der Waals surface area contributed by atoms with Crippen LogP contribution in [-0.4, -0.2) is 30.9 Å². The first-order valence-corrected chi connectivity index (χ1v) is 9.93. The first-order chi connectivity index (χ1) is 15.2. The average Bonchev–Trinajstić information content (AvgIpc) is 3.43. The van der Waals surface area contributed by atoms with Gasteiger partial charge in [0, 0.05) is 41.5 Å². The van der Waals surface area contributed by atoms with Crippen molar-refractivity contribution in [2.75, 3.05) is 0 Å². The fraction of sp³-hybridized carbons (Fsp3) is 0.125. The number of fused-ring (bicyclic) bond motifs is 1. The van der Waals surface area contributed by atoms with Gasteiger partial charge in [-0.3, -0.25) is 9.78 Å². The van der Waals surface area contributed by atoms with Crippen LogP contribution in [0, 0.1) is 6.92 Å². The molecular formula is C24H19N5O2. The lowest BCUT2D eigenvalue weighted by Crippen LogP contribution is -2.05. The summed E-state index contributed by atoms with van der Waals surface area (Å²) in [6.07, 6.45) is 5.50. The molecule has 0 bridgehead atoms. The largest absolute Gasteiger partial charge is 0.360 e. The zero-order valence-corrected chi connectivity index (χ0v) is 16.9. The maximum atomic E-state index is 12.5. The molecule has 7 heteroatoms. The lowest BCUT2D eigenvalue weighted by molar-refractivity contribution is -0.118. The van der Waals surface area contributed by atoms with Gasteiger partial charge >= 0.3 is 0 Å². The van der Waals surface area contributed by atoms with Gasteiger partial charge in [-0.1, -0.05) is 29.4 Å². The van der Waals surface area contributed by atoms with Crippen LogP contribution in [-0.2, 0) is 17.6 Å². The summed E-state index contributed by atoms with van der Waals surface area (Å²) in [6, 6.07) is 15.5. The van der Waals surface area contributed by atoms with Gasteiger partial charge in [0.1, 0.15) is 29.2 Å². The summed E-state index contributed by atoms with van der Waals surface area (Å²) in [5, 5.41) is 5.06. The SMILES string of the molecule is Cc1ncnc2[nH]c(-c3ccc(CC(=O)Cc4cc(-c5ccncc5)no4)cc3)cc12. The maximum Gasteiger partial charge on any atom is 0.144 e. The Bertz CT molecular complexity index is 1350. The molecule has 0 unspecified atom stereocenters. The number of aromatic nitrogens is 5. The molecule has 4 heterocycles. The molecule has 0 aliphatic heterocycles. The number of pyridine rings is 1. The van der Waals surface area contributed by atoms with Crippen molar-refractivity contribution in [3.63, 3.8) is 0 Å². The normalized spacial score (nSPS) is 11.1. The zero-order chi connectivity index (χ0) is 21.2. The second-order valence-electron chi connectivity index (χ2n) is 7.41. The number of rotatable bonds is 6. The van der Waals surface area contributed by atoms with E-state index < -0.39 is 0 Å². The van der Waals surface area contributed by atoms with Crippen LogP contribution < -0.4 is 0 Å². The topological polar surface area (TPSA) is 97.6 Å². The second kappa shape index (κ2) is 7.95. The Morgan fingerprint density at radius 1 is 0.968 bits per heavy atom. The lowest BCUT2D eigenvalue weighted by atomic mass is 10.0. The van der Waals surface area contributed by atoms with E-state index in [0.717, 1.165) is 39.1 Å². The van der Waals surface area contributed by atoms with Gasteiger partial charge in [-0.25, -0.2) is 9.97 Å². The fourth-order valence-electron chi connectivity index (χ4n) is 3.56. The molecule has 0 aliphatic rings. The molecule has 5 aromatic rings. The summed E-state index contributed by atoms with van der Waals surface area (Å²) < 4.78 is 5.34. The van der Waals surface area contributed by atoms with E-state index in [1.54, 1.807) is 24.8 Å². The molecule has 0 amide bonds. The Labute approximate surface area is 178 Å². The highest BCUT2D eigenvalue weighted by atomic mass is 16.5. The first-order valence-electron chi connectivity index (χ1n) is 9.93. The van der Waals surface area contributed by atoms with Gasteiger partial charge in [0.2, 0.25) is 0 Å². The molecule has 0 saturated heterocycles. The summed E-state index contributed by atoms with van der Waals surface area (Å²) >= 11 is 0. The van der Waals surface area contributed by atoms with Gasteiger partial charge in [0.15, 0.2) is 0 Å². The van der Waals surface area contributed by atoms with Crippen molar-refractivity contribution in [2.24, 2.45) is 0 Å². The van der Waals surface area contributed by atoms with Gasteiger partial charge in [0.05, 0.1) is 12.1 Å². The first kappa shape index (κ1) is 18.9. The molecule has 0 saturated carbocycles. The van der Waals surface area contributed by atoms with Crippen LogP contribution in [0.2, 0.25) is 0 Å². The summed E-state index contributed by atoms with van der Waals surface area (Å²) in [6.45, 7) is 1.96. The third-order valence-electron chi connectivity index (χ3n) is 5.20. The van der Waals surface area contributed by atoms with Crippen molar-refractivity contribution in [3.05, 3.63) is 84.3 Å². The summed E-state index contributed by atoms with van der Waals surface area (Å²) in [5.74, 6) is 0.629. The van der Waals surface area contributed by atoms with E-state index >= 15 is 0 Å².